The Morgan fingerprint density at radius 2 is 1.61 bits per heavy atom. The highest BCUT2D eigenvalue weighted by molar-refractivity contribution is 7.99. The Balaban J connectivity index is 2.22. The number of nitrogens with zero attached hydrogens (tertiary/aromatic N) is 1. The van der Waals surface area contributed by atoms with E-state index in [-0.39, 0.29) is 0 Å². The fourth-order valence-electron chi connectivity index (χ4n) is 1.68. The Labute approximate surface area is 113 Å². The molecule has 0 radical (unpaired) electrons. The summed E-state index contributed by atoms with van der Waals surface area (Å²) in [6.07, 6.45) is 0. The lowest BCUT2D eigenvalue weighted by Gasteiger charge is -2.16. The Bertz CT molecular complexity index is 508. The third-order valence-electron chi connectivity index (χ3n) is 2.63. The van der Waals surface area contributed by atoms with Gasteiger partial charge in [-0.05, 0) is 36.4 Å². The van der Waals surface area contributed by atoms with Gasteiger partial charge in [0.2, 0.25) is 0 Å². The predicted octanol–water partition coefficient (Wildman–Crippen LogP) is 3.91. The van der Waals surface area contributed by atoms with Crippen LogP contribution in [0, 0.1) is 0 Å². The molecule has 0 aliphatic heterocycles. The molecule has 0 N–H and O–H groups in total. The second kappa shape index (κ2) is 5.83. The van der Waals surface area contributed by atoms with Gasteiger partial charge < -0.3 is 9.64 Å². The third kappa shape index (κ3) is 2.99. The number of hydrogen-bond donors (Lipinski definition) is 0. The summed E-state index contributed by atoms with van der Waals surface area (Å²) in [5.41, 5.74) is 1.23. The lowest BCUT2D eigenvalue weighted by atomic mass is 10.3. The van der Waals surface area contributed by atoms with Crippen molar-refractivity contribution in [2.24, 2.45) is 0 Å². The monoisotopic (exact) mass is 259 g/mol. The summed E-state index contributed by atoms with van der Waals surface area (Å²) in [6.45, 7) is 0. The van der Waals surface area contributed by atoms with Gasteiger partial charge in [0.25, 0.3) is 0 Å². The number of anilines is 1. The first-order valence-corrected chi connectivity index (χ1v) is 6.60. The smallest absolute Gasteiger partial charge is 0.118 e. The van der Waals surface area contributed by atoms with Crippen molar-refractivity contribution < 1.29 is 4.74 Å². The van der Waals surface area contributed by atoms with Crippen molar-refractivity contribution in [2.75, 3.05) is 26.1 Å². The van der Waals surface area contributed by atoms with Crippen LogP contribution in [0.3, 0.4) is 0 Å². The fourth-order valence-corrected chi connectivity index (χ4v) is 2.71. The molecule has 0 fully saturated rings. The maximum Gasteiger partial charge on any atom is 0.118 e. The minimum atomic E-state index is 0.889. The van der Waals surface area contributed by atoms with Crippen LogP contribution in [0.15, 0.2) is 58.3 Å². The standard InChI is InChI=1S/C15H17NOS/c1-16(2)14-6-4-5-7-15(14)18-13-10-8-12(17-3)9-11-13/h4-11H,1-3H3. The molecule has 94 valence electrons. The van der Waals surface area contributed by atoms with Gasteiger partial charge in [0.05, 0.1) is 12.8 Å². The van der Waals surface area contributed by atoms with E-state index in [4.69, 9.17) is 4.74 Å². The second-order valence-corrected chi connectivity index (χ2v) is 5.26. The molecular weight excluding hydrogens is 242 g/mol. The van der Waals surface area contributed by atoms with Crippen LogP contribution in [0.4, 0.5) is 5.69 Å². The number of ether oxygens (including phenoxy) is 1. The number of benzene rings is 2. The van der Waals surface area contributed by atoms with E-state index in [9.17, 15) is 0 Å². The minimum Gasteiger partial charge on any atom is -0.497 e. The first kappa shape index (κ1) is 12.8. The van der Waals surface area contributed by atoms with Crippen LogP contribution in [0.25, 0.3) is 0 Å². The van der Waals surface area contributed by atoms with E-state index < -0.39 is 0 Å². The van der Waals surface area contributed by atoms with Crippen LogP contribution >= 0.6 is 11.8 Å². The van der Waals surface area contributed by atoms with Crippen molar-refractivity contribution in [3.05, 3.63) is 48.5 Å². The molecule has 0 atom stereocenters. The van der Waals surface area contributed by atoms with E-state index in [1.165, 1.54) is 15.5 Å². The van der Waals surface area contributed by atoms with Gasteiger partial charge in [0.1, 0.15) is 5.75 Å². The maximum absolute atomic E-state index is 5.16. The third-order valence-corrected chi connectivity index (χ3v) is 3.71. The fraction of sp³-hybridized carbons (Fsp3) is 0.200. The molecule has 0 saturated heterocycles. The zero-order valence-electron chi connectivity index (χ0n) is 10.9. The molecule has 0 aliphatic carbocycles. The van der Waals surface area contributed by atoms with E-state index in [1.807, 2.05) is 12.1 Å². The second-order valence-electron chi connectivity index (χ2n) is 4.14. The van der Waals surface area contributed by atoms with Crippen molar-refractivity contribution in [1.82, 2.24) is 0 Å². The average Bonchev–Trinajstić information content (AvgIpc) is 2.40. The van der Waals surface area contributed by atoms with Gasteiger partial charge in [0, 0.05) is 23.9 Å². The van der Waals surface area contributed by atoms with Crippen LogP contribution in [-0.4, -0.2) is 21.2 Å². The number of methoxy groups -OCH3 is 1. The van der Waals surface area contributed by atoms with E-state index in [2.05, 4.69) is 55.4 Å². The molecule has 2 rings (SSSR count). The van der Waals surface area contributed by atoms with Crippen LogP contribution in [0.2, 0.25) is 0 Å². The largest absolute Gasteiger partial charge is 0.497 e. The Hall–Kier alpha value is -1.61. The summed E-state index contributed by atoms with van der Waals surface area (Å²) in [6, 6.07) is 16.5. The van der Waals surface area contributed by atoms with Crippen LogP contribution in [-0.2, 0) is 0 Å². The SMILES string of the molecule is COc1ccc(Sc2ccccc2N(C)C)cc1. The molecule has 0 amide bonds. The van der Waals surface area contributed by atoms with Crippen LogP contribution in [0.5, 0.6) is 5.75 Å². The summed E-state index contributed by atoms with van der Waals surface area (Å²) < 4.78 is 5.16. The highest BCUT2D eigenvalue weighted by Crippen LogP contribution is 2.35. The summed E-state index contributed by atoms with van der Waals surface area (Å²) in [5.74, 6) is 0.889. The van der Waals surface area contributed by atoms with Gasteiger partial charge in [-0.15, -0.1) is 0 Å². The molecule has 2 aromatic rings. The molecular formula is C15H17NOS. The minimum absolute atomic E-state index is 0.889. The summed E-state index contributed by atoms with van der Waals surface area (Å²) in [5, 5.41) is 0. The first-order chi connectivity index (χ1) is 8.70. The molecule has 18 heavy (non-hydrogen) atoms. The molecule has 2 nitrogen and oxygen atoms in total. The molecule has 0 saturated carbocycles. The van der Waals surface area contributed by atoms with Gasteiger partial charge in [-0.25, -0.2) is 0 Å². The van der Waals surface area contributed by atoms with Gasteiger partial charge in [-0.1, -0.05) is 23.9 Å². The summed E-state index contributed by atoms with van der Waals surface area (Å²) >= 11 is 1.76. The molecule has 0 unspecified atom stereocenters. The number of hydrogen-bond acceptors (Lipinski definition) is 3. The van der Waals surface area contributed by atoms with Gasteiger partial charge >= 0.3 is 0 Å². The zero-order valence-corrected chi connectivity index (χ0v) is 11.7. The summed E-state index contributed by atoms with van der Waals surface area (Å²) in [4.78, 5) is 4.60. The highest BCUT2D eigenvalue weighted by Gasteiger charge is 2.05. The number of para-hydroxylation sites is 1. The van der Waals surface area contributed by atoms with Crippen molar-refractivity contribution in [3.63, 3.8) is 0 Å². The number of rotatable bonds is 4. The zero-order chi connectivity index (χ0) is 13.0. The molecule has 0 heterocycles. The van der Waals surface area contributed by atoms with Crippen LogP contribution in [0.1, 0.15) is 0 Å². The van der Waals surface area contributed by atoms with Crippen molar-refractivity contribution in [3.8, 4) is 5.75 Å². The average molecular weight is 259 g/mol. The highest BCUT2D eigenvalue weighted by atomic mass is 32.2. The van der Waals surface area contributed by atoms with E-state index >= 15 is 0 Å². The molecule has 0 aromatic heterocycles. The lowest BCUT2D eigenvalue weighted by Crippen LogP contribution is -2.09. The van der Waals surface area contributed by atoms with Gasteiger partial charge in [0.15, 0.2) is 0 Å². The topological polar surface area (TPSA) is 12.5 Å². The van der Waals surface area contributed by atoms with Gasteiger partial charge in [-0.2, -0.15) is 0 Å². The Kier molecular flexibility index (Phi) is 4.15. The van der Waals surface area contributed by atoms with Crippen molar-refractivity contribution in [1.29, 1.82) is 0 Å². The van der Waals surface area contributed by atoms with E-state index in [0.717, 1.165) is 5.75 Å². The maximum atomic E-state index is 5.16. The first-order valence-electron chi connectivity index (χ1n) is 5.79. The quantitative estimate of drug-likeness (QED) is 0.826. The van der Waals surface area contributed by atoms with Crippen molar-refractivity contribution in [2.45, 2.75) is 9.79 Å². The normalized spacial score (nSPS) is 10.2. The Morgan fingerprint density at radius 1 is 0.944 bits per heavy atom. The van der Waals surface area contributed by atoms with E-state index in [0.29, 0.717) is 0 Å². The van der Waals surface area contributed by atoms with E-state index in [1.54, 1.807) is 18.9 Å². The Morgan fingerprint density at radius 3 is 2.22 bits per heavy atom. The molecule has 0 aliphatic rings. The van der Waals surface area contributed by atoms with Crippen molar-refractivity contribution >= 4 is 17.4 Å². The van der Waals surface area contributed by atoms with Crippen LogP contribution < -0.4 is 9.64 Å². The molecule has 0 spiro atoms. The summed E-state index contributed by atoms with van der Waals surface area (Å²) in [7, 11) is 5.81. The molecule has 2 aromatic carbocycles. The molecule has 0 bridgehead atoms. The predicted molar refractivity (Wildman–Crippen MR) is 77.9 cm³/mol. The van der Waals surface area contributed by atoms with Gasteiger partial charge in [-0.3, -0.25) is 0 Å². The molecule has 3 heteroatoms. The lowest BCUT2D eigenvalue weighted by molar-refractivity contribution is 0.414.